The maximum atomic E-state index is 12.1. The highest BCUT2D eigenvalue weighted by atomic mass is 16.6. The Morgan fingerprint density at radius 1 is 1.32 bits per heavy atom. The van der Waals surface area contributed by atoms with E-state index in [2.05, 4.69) is 16.0 Å². The Hall–Kier alpha value is -2.12. The Labute approximate surface area is 147 Å². The summed E-state index contributed by atoms with van der Waals surface area (Å²) in [4.78, 5) is 24.0. The normalized spacial score (nSPS) is 25.6. The molecule has 0 radical (unpaired) electrons. The molecule has 7 nitrogen and oxygen atoms in total. The molecule has 2 unspecified atom stereocenters. The zero-order valence-corrected chi connectivity index (χ0v) is 14.5. The molecule has 2 aliphatic rings. The van der Waals surface area contributed by atoms with Crippen molar-refractivity contribution in [3.8, 4) is 0 Å². The van der Waals surface area contributed by atoms with E-state index in [1.807, 2.05) is 25.1 Å². The van der Waals surface area contributed by atoms with Crippen LogP contribution in [0.4, 0.5) is 10.5 Å². The smallest absolute Gasteiger partial charge is 0.319 e. The molecule has 1 spiro atoms. The van der Waals surface area contributed by atoms with Crippen LogP contribution < -0.4 is 16.0 Å². The monoisotopic (exact) mass is 347 g/mol. The van der Waals surface area contributed by atoms with Gasteiger partial charge in [0.25, 0.3) is 0 Å². The summed E-state index contributed by atoms with van der Waals surface area (Å²) in [6.07, 6.45) is 2.41. The van der Waals surface area contributed by atoms with Crippen molar-refractivity contribution < 1.29 is 19.1 Å². The van der Waals surface area contributed by atoms with E-state index >= 15 is 0 Å². The van der Waals surface area contributed by atoms with E-state index in [9.17, 15) is 9.59 Å². The van der Waals surface area contributed by atoms with E-state index in [0.717, 1.165) is 24.8 Å². The predicted molar refractivity (Wildman–Crippen MR) is 93.5 cm³/mol. The maximum absolute atomic E-state index is 12.1. The van der Waals surface area contributed by atoms with Gasteiger partial charge in [-0.05, 0) is 37.5 Å². The molecule has 3 amide bonds. The number of hydrogen-bond donors (Lipinski definition) is 3. The highest BCUT2D eigenvalue weighted by Crippen LogP contribution is 2.32. The number of amides is 3. The second-order valence-corrected chi connectivity index (χ2v) is 6.77. The van der Waals surface area contributed by atoms with Gasteiger partial charge in [0.15, 0.2) is 0 Å². The van der Waals surface area contributed by atoms with Crippen molar-refractivity contribution in [3.63, 3.8) is 0 Å². The van der Waals surface area contributed by atoms with Crippen LogP contribution in [-0.4, -0.2) is 49.9 Å². The van der Waals surface area contributed by atoms with Gasteiger partial charge in [-0.25, -0.2) is 4.79 Å². The number of carbonyl (C=O) groups is 2. The molecule has 25 heavy (non-hydrogen) atoms. The van der Waals surface area contributed by atoms with Crippen molar-refractivity contribution in [1.82, 2.24) is 10.6 Å². The summed E-state index contributed by atoms with van der Waals surface area (Å²) >= 11 is 0. The summed E-state index contributed by atoms with van der Waals surface area (Å²) < 4.78 is 11.3. The number of aryl methyl sites for hydroxylation is 1. The van der Waals surface area contributed by atoms with E-state index in [4.69, 9.17) is 9.47 Å². The highest BCUT2D eigenvalue weighted by Gasteiger charge is 2.41. The Bertz CT molecular complexity index is 629. The van der Waals surface area contributed by atoms with Crippen LogP contribution in [0, 0.1) is 6.92 Å². The number of rotatable bonds is 4. The lowest BCUT2D eigenvalue weighted by Gasteiger charge is -2.37. The number of benzene rings is 1. The molecule has 2 saturated heterocycles. The topological polar surface area (TPSA) is 88.7 Å². The minimum Gasteiger partial charge on any atom is -0.378 e. The summed E-state index contributed by atoms with van der Waals surface area (Å²) in [5.74, 6) is -0.194. The first-order valence-electron chi connectivity index (χ1n) is 8.67. The minimum atomic E-state index is -0.395. The van der Waals surface area contributed by atoms with Gasteiger partial charge in [-0.3, -0.25) is 4.79 Å². The largest absolute Gasteiger partial charge is 0.378 e. The van der Waals surface area contributed by atoms with Gasteiger partial charge in [0.1, 0.15) is 0 Å². The molecule has 2 fully saturated rings. The number of anilines is 1. The molecule has 3 rings (SSSR count). The Morgan fingerprint density at radius 2 is 2.20 bits per heavy atom. The minimum absolute atomic E-state index is 0.0570. The van der Waals surface area contributed by atoms with Crippen LogP contribution in [0.2, 0.25) is 0 Å². The van der Waals surface area contributed by atoms with Gasteiger partial charge in [0.2, 0.25) is 5.91 Å². The van der Waals surface area contributed by atoms with Crippen LogP contribution in [0.5, 0.6) is 0 Å². The van der Waals surface area contributed by atoms with E-state index in [1.165, 1.54) is 0 Å². The third-order valence-corrected chi connectivity index (χ3v) is 4.61. The number of ether oxygens (including phenoxy) is 2. The summed E-state index contributed by atoms with van der Waals surface area (Å²) in [5.41, 5.74) is 1.51. The molecule has 2 aliphatic heterocycles. The number of carbonyl (C=O) groups excluding carboxylic acids is 2. The van der Waals surface area contributed by atoms with E-state index in [0.29, 0.717) is 25.5 Å². The van der Waals surface area contributed by atoms with Gasteiger partial charge in [-0.2, -0.15) is 0 Å². The van der Waals surface area contributed by atoms with Crippen LogP contribution in [0.3, 0.4) is 0 Å². The predicted octanol–water partition coefficient (Wildman–Crippen LogP) is 1.57. The molecule has 1 aromatic carbocycles. The average Bonchev–Trinajstić information content (AvgIpc) is 3.01. The molecular weight excluding hydrogens is 322 g/mol. The number of nitrogens with one attached hydrogen (secondary N) is 3. The SMILES string of the molecule is Cc1cccc(NC(=O)NCC(=O)NC2CCOC3(CCOC3)C2)c1. The summed E-state index contributed by atoms with van der Waals surface area (Å²) in [6.45, 7) is 3.82. The van der Waals surface area contributed by atoms with Crippen molar-refractivity contribution in [3.05, 3.63) is 29.8 Å². The third-order valence-electron chi connectivity index (χ3n) is 4.61. The van der Waals surface area contributed by atoms with E-state index in [-0.39, 0.29) is 24.1 Å². The first-order valence-corrected chi connectivity index (χ1v) is 8.67. The van der Waals surface area contributed by atoms with Gasteiger partial charge in [-0.1, -0.05) is 12.1 Å². The van der Waals surface area contributed by atoms with Crippen molar-refractivity contribution in [2.45, 2.75) is 37.8 Å². The van der Waals surface area contributed by atoms with Crippen LogP contribution in [0.15, 0.2) is 24.3 Å². The Balaban J connectivity index is 1.41. The van der Waals surface area contributed by atoms with Gasteiger partial charge >= 0.3 is 6.03 Å². The molecule has 7 heteroatoms. The summed E-state index contributed by atoms with van der Waals surface area (Å²) in [6, 6.07) is 7.15. The van der Waals surface area contributed by atoms with Crippen molar-refractivity contribution in [2.24, 2.45) is 0 Å². The summed E-state index contributed by atoms with van der Waals surface area (Å²) in [7, 11) is 0. The molecular formula is C18H25N3O4. The lowest BCUT2D eigenvalue weighted by Crippen LogP contribution is -2.51. The van der Waals surface area contributed by atoms with E-state index in [1.54, 1.807) is 6.07 Å². The average molecular weight is 347 g/mol. The Morgan fingerprint density at radius 3 is 2.96 bits per heavy atom. The van der Waals surface area contributed by atoms with Crippen LogP contribution in [-0.2, 0) is 14.3 Å². The third kappa shape index (κ3) is 4.93. The van der Waals surface area contributed by atoms with Gasteiger partial charge in [0.05, 0.1) is 18.8 Å². The summed E-state index contributed by atoms with van der Waals surface area (Å²) in [5, 5.41) is 8.28. The lowest BCUT2D eigenvalue weighted by atomic mass is 9.89. The van der Waals surface area contributed by atoms with Gasteiger partial charge in [0, 0.05) is 31.4 Å². The Kier molecular flexibility index (Phi) is 5.55. The maximum Gasteiger partial charge on any atom is 0.319 e. The van der Waals surface area contributed by atoms with Gasteiger partial charge < -0.3 is 25.4 Å². The van der Waals surface area contributed by atoms with Crippen LogP contribution >= 0.6 is 0 Å². The molecule has 2 atom stereocenters. The fraction of sp³-hybridized carbons (Fsp3) is 0.556. The highest BCUT2D eigenvalue weighted by molar-refractivity contribution is 5.92. The second kappa shape index (κ2) is 7.84. The standard InChI is InChI=1S/C18H25N3O4/c1-13-3-2-4-14(9-13)21-17(23)19-11-16(22)20-15-5-7-25-18(10-15)6-8-24-12-18/h2-4,9,15H,5-8,10-12H2,1H3,(H,20,22)(H2,19,21,23). The quantitative estimate of drug-likeness (QED) is 0.771. The molecule has 136 valence electrons. The lowest BCUT2D eigenvalue weighted by molar-refractivity contribution is -0.124. The molecule has 0 bridgehead atoms. The molecule has 0 saturated carbocycles. The number of urea groups is 1. The van der Waals surface area contributed by atoms with Crippen molar-refractivity contribution >= 4 is 17.6 Å². The molecule has 0 aliphatic carbocycles. The van der Waals surface area contributed by atoms with Crippen LogP contribution in [0.25, 0.3) is 0 Å². The van der Waals surface area contributed by atoms with Crippen LogP contribution in [0.1, 0.15) is 24.8 Å². The fourth-order valence-electron chi connectivity index (χ4n) is 3.35. The van der Waals surface area contributed by atoms with Gasteiger partial charge in [-0.15, -0.1) is 0 Å². The van der Waals surface area contributed by atoms with Crippen molar-refractivity contribution in [1.29, 1.82) is 0 Å². The first-order chi connectivity index (χ1) is 12.0. The van der Waals surface area contributed by atoms with Crippen molar-refractivity contribution in [2.75, 3.05) is 31.7 Å². The first kappa shape index (κ1) is 17.7. The second-order valence-electron chi connectivity index (χ2n) is 6.77. The molecule has 3 N–H and O–H groups in total. The molecule has 0 aromatic heterocycles. The zero-order valence-electron chi connectivity index (χ0n) is 14.5. The molecule has 1 aromatic rings. The van der Waals surface area contributed by atoms with E-state index < -0.39 is 6.03 Å². The molecule has 2 heterocycles. The zero-order chi connectivity index (χ0) is 17.7. The fourth-order valence-corrected chi connectivity index (χ4v) is 3.35. The number of hydrogen-bond acceptors (Lipinski definition) is 4.